The Labute approximate surface area is 103 Å². The Hall–Kier alpha value is -1.11. The first-order valence-electron chi connectivity index (χ1n) is 5.53. The molecule has 3 N–H and O–H groups in total. The van der Waals surface area contributed by atoms with Crippen molar-refractivity contribution in [1.29, 1.82) is 0 Å². The second kappa shape index (κ2) is 6.00. The SMILES string of the molecule is CCNS(=O)(=O)Nc1ccc(C(C)NC)cc1. The third-order valence-electron chi connectivity index (χ3n) is 2.43. The van der Waals surface area contributed by atoms with Gasteiger partial charge in [0.1, 0.15) is 0 Å². The molecule has 0 saturated carbocycles. The summed E-state index contributed by atoms with van der Waals surface area (Å²) in [5, 5.41) is 3.12. The van der Waals surface area contributed by atoms with Crippen molar-refractivity contribution in [2.45, 2.75) is 19.9 Å². The molecule has 0 aromatic heterocycles. The lowest BCUT2D eigenvalue weighted by Gasteiger charge is -2.12. The van der Waals surface area contributed by atoms with E-state index in [2.05, 4.69) is 14.8 Å². The van der Waals surface area contributed by atoms with Crippen LogP contribution in [0.2, 0.25) is 0 Å². The second-order valence-electron chi connectivity index (χ2n) is 3.74. The van der Waals surface area contributed by atoms with Crippen LogP contribution in [0, 0.1) is 0 Å². The molecule has 0 spiro atoms. The van der Waals surface area contributed by atoms with Crippen molar-refractivity contribution in [3.8, 4) is 0 Å². The number of hydrogen-bond acceptors (Lipinski definition) is 3. The van der Waals surface area contributed by atoms with Crippen molar-refractivity contribution in [3.05, 3.63) is 29.8 Å². The maximum absolute atomic E-state index is 11.4. The first kappa shape index (κ1) is 14.0. The molecule has 0 aliphatic rings. The van der Waals surface area contributed by atoms with E-state index in [1.54, 1.807) is 19.1 Å². The molecule has 0 fully saturated rings. The molecule has 1 aromatic carbocycles. The predicted octanol–water partition coefficient (Wildman–Crippen LogP) is 1.23. The van der Waals surface area contributed by atoms with Gasteiger partial charge in [-0.15, -0.1) is 0 Å². The zero-order chi connectivity index (χ0) is 12.9. The Morgan fingerprint density at radius 3 is 2.29 bits per heavy atom. The molecule has 1 atom stereocenters. The van der Waals surface area contributed by atoms with Gasteiger partial charge in [0, 0.05) is 18.3 Å². The van der Waals surface area contributed by atoms with Gasteiger partial charge in [-0.1, -0.05) is 19.1 Å². The summed E-state index contributed by atoms with van der Waals surface area (Å²) >= 11 is 0. The van der Waals surface area contributed by atoms with E-state index in [-0.39, 0.29) is 6.04 Å². The van der Waals surface area contributed by atoms with Gasteiger partial charge < -0.3 is 5.32 Å². The molecule has 5 nitrogen and oxygen atoms in total. The first-order chi connectivity index (χ1) is 7.98. The van der Waals surface area contributed by atoms with Crippen molar-refractivity contribution in [2.75, 3.05) is 18.3 Å². The van der Waals surface area contributed by atoms with Gasteiger partial charge in [0.05, 0.1) is 0 Å². The number of benzene rings is 1. The number of nitrogens with one attached hydrogen (secondary N) is 3. The van der Waals surface area contributed by atoms with Crippen LogP contribution >= 0.6 is 0 Å². The monoisotopic (exact) mass is 257 g/mol. The van der Waals surface area contributed by atoms with Gasteiger partial charge in [-0.05, 0) is 31.7 Å². The number of hydrogen-bond donors (Lipinski definition) is 3. The lowest BCUT2D eigenvalue weighted by molar-refractivity contribution is 0.589. The summed E-state index contributed by atoms with van der Waals surface area (Å²) in [4.78, 5) is 0. The Kier molecular flexibility index (Phi) is 4.92. The molecule has 96 valence electrons. The molecule has 6 heteroatoms. The third kappa shape index (κ3) is 4.33. The van der Waals surface area contributed by atoms with Crippen LogP contribution in [0.4, 0.5) is 5.69 Å². The van der Waals surface area contributed by atoms with Crippen molar-refractivity contribution in [2.24, 2.45) is 0 Å². The summed E-state index contributed by atoms with van der Waals surface area (Å²) in [5.41, 5.74) is 1.66. The lowest BCUT2D eigenvalue weighted by Crippen LogP contribution is -2.29. The van der Waals surface area contributed by atoms with E-state index in [0.29, 0.717) is 12.2 Å². The maximum Gasteiger partial charge on any atom is 0.299 e. The van der Waals surface area contributed by atoms with Gasteiger partial charge in [0.2, 0.25) is 0 Å². The van der Waals surface area contributed by atoms with Gasteiger partial charge in [-0.2, -0.15) is 13.1 Å². The minimum absolute atomic E-state index is 0.245. The Morgan fingerprint density at radius 2 is 1.82 bits per heavy atom. The summed E-state index contributed by atoms with van der Waals surface area (Å²) in [5.74, 6) is 0. The molecule has 0 radical (unpaired) electrons. The Bertz CT molecular complexity index is 442. The molecule has 0 aliphatic carbocycles. The number of rotatable bonds is 6. The fraction of sp³-hybridized carbons (Fsp3) is 0.455. The Balaban J connectivity index is 2.75. The van der Waals surface area contributed by atoms with Crippen molar-refractivity contribution in [3.63, 3.8) is 0 Å². The summed E-state index contributed by atoms with van der Waals surface area (Å²) in [7, 11) is -1.56. The minimum atomic E-state index is -3.44. The smallest absolute Gasteiger partial charge is 0.299 e. The van der Waals surface area contributed by atoms with Crippen LogP contribution in [0.15, 0.2) is 24.3 Å². The van der Waals surface area contributed by atoms with E-state index in [0.717, 1.165) is 5.56 Å². The van der Waals surface area contributed by atoms with Crippen LogP contribution in [0.3, 0.4) is 0 Å². The quantitative estimate of drug-likeness (QED) is 0.718. The van der Waals surface area contributed by atoms with E-state index in [1.807, 2.05) is 26.1 Å². The molecule has 0 amide bonds. The van der Waals surface area contributed by atoms with Crippen molar-refractivity contribution >= 4 is 15.9 Å². The zero-order valence-electron chi connectivity index (χ0n) is 10.3. The molecule has 0 saturated heterocycles. The van der Waals surface area contributed by atoms with Crippen LogP contribution < -0.4 is 14.8 Å². The Morgan fingerprint density at radius 1 is 1.24 bits per heavy atom. The highest BCUT2D eigenvalue weighted by atomic mass is 32.2. The molecular formula is C11H19N3O2S. The average Bonchev–Trinajstić information content (AvgIpc) is 2.28. The van der Waals surface area contributed by atoms with Gasteiger partial charge in [0.25, 0.3) is 10.2 Å². The average molecular weight is 257 g/mol. The van der Waals surface area contributed by atoms with Crippen LogP contribution in [0.5, 0.6) is 0 Å². The largest absolute Gasteiger partial charge is 0.313 e. The summed E-state index contributed by atoms with van der Waals surface area (Å²) in [6.07, 6.45) is 0. The molecule has 0 heterocycles. The minimum Gasteiger partial charge on any atom is -0.313 e. The van der Waals surface area contributed by atoms with Crippen molar-refractivity contribution < 1.29 is 8.42 Å². The van der Waals surface area contributed by atoms with Crippen LogP contribution in [-0.2, 0) is 10.2 Å². The summed E-state index contributed by atoms with van der Waals surface area (Å²) in [6, 6.07) is 7.53. The van der Waals surface area contributed by atoms with E-state index < -0.39 is 10.2 Å². The molecule has 0 aliphatic heterocycles. The van der Waals surface area contributed by atoms with Gasteiger partial charge in [-0.3, -0.25) is 4.72 Å². The first-order valence-corrected chi connectivity index (χ1v) is 7.01. The standard InChI is InChI=1S/C11H19N3O2S/c1-4-13-17(15,16)14-11-7-5-10(6-8-11)9(2)12-3/h5-9,12-14H,4H2,1-3H3. The highest BCUT2D eigenvalue weighted by Crippen LogP contribution is 2.16. The highest BCUT2D eigenvalue weighted by molar-refractivity contribution is 7.90. The van der Waals surface area contributed by atoms with Gasteiger partial charge >= 0.3 is 0 Å². The van der Waals surface area contributed by atoms with E-state index in [9.17, 15) is 8.42 Å². The molecule has 1 rings (SSSR count). The molecule has 1 aromatic rings. The van der Waals surface area contributed by atoms with Gasteiger partial charge in [-0.25, -0.2) is 0 Å². The van der Waals surface area contributed by atoms with Crippen LogP contribution in [-0.4, -0.2) is 22.0 Å². The molecule has 0 bridgehead atoms. The lowest BCUT2D eigenvalue weighted by atomic mass is 10.1. The summed E-state index contributed by atoms with van der Waals surface area (Å²) in [6.45, 7) is 4.14. The van der Waals surface area contributed by atoms with Crippen molar-refractivity contribution in [1.82, 2.24) is 10.0 Å². The predicted molar refractivity (Wildman–Crippen MR) is 70.1 cm³/mol. The third-order valence-corrected chi connectivity index (χ3v) is 3.60. The highest BCUT2D eigenvalue weighted by Gasteiger charge is 2.08. The van der Waals surface area contributed by atoms with E-state index >= 15 is 0 Å². The van der Waals surface area contributed by atoms with Crippen LogP contribution in [0.1, 0.15) is 25.5 Å². The van der Waals surface area contributed by atoms with Gasteiger partial charge in [0.15, 0.2) is 0 Å². The maximum atomic E-state index is 11.4. The van der Waals surface area contributed by atoms with E-state index in [1.165, 1.54) is 0 Å². The normalized spacial score (nSPS) is 13.4. The molecular weight excluding hydrogens is 238 g/mol. The topological polar surface area (TPSA) is 70.2 Å². The number of anilines is 1. The second-order valence-corrected chi connectivity index (χ2v) is 5.24. The zero-order valence-corrected chi connectivity index (χ0v) is 11.1. The fourth-order valence-electron chi connectivity index (χ4n) is 1.39. The molecule has 1 unspecified atom stereocenters. The fourth-order valence-corrected chi connectivity index (χ4v) is 2.29. The van der Waals surface area contributed by atoms with E-state index in [4.69, 9.17) is 0 Å². The van der Waals surface area contributed by atoms with Crippen LogP contribution in [0.25, 0.3) is 0 Å². The molecule has 17 heavy (non-hydrogen) atoms. The summed E-state index contributed by atoms with van der Waals surface area (Å²) < 4.78 is 27.7.